The van der Waals surface area contributed by atoms with Crippen LogP contribution >= 0.6 is 0 Å². The van der Waals surface area contributed by atoms with Gasteiger partial charge in [-0.25, -0.2) is 22.7 Å². The summed E-state index contributed by atoms with van der Waals surface area (Å²) in [6, 6.07) is 1.61. The number of rotatable bonds is 9. The molecule has 0 saturated heterocycles. The van der Waals surface area contributed by atoms with E-state index in [4.69, 9.17) is 5.73 Å². The highest BCUT2D eigenvalue weighted by Crippen LogP contribution is 2.21. The number of fused-ring (bicyclic) bond motifs is 1. The van der Waals surface area contributed by atoms with Crippen LogP contribution in [0, 0.1) is 31.3 Å². The van der Waals surface area contributed by atoms with Crippen LogP contribution < -0.4 is 11.1 Å². The monoisotopic (exact) mass is 490 g/mol. The lowest BCUT2D eigenvalue weighted by atomic mass is 10.1. The predicted octanol–water partition coefficient (Wildman–Crippen LogP) is 2.67. The van der Waals surface area contributed by atoms with Gasteiger partial charge in [0.05, 0.1) is 18.4 Å². The number of aryl methyl sites for hydroxylation is 2. The number of hydrogen-bond acceptors (Lipinski definition) is 5. The van der Waals surface area contributed by atoms with Gasteiger partial charge >= 0.3 is 0 Å². The third kappa shape index (κ3) is 5.42. The molecule has 12 heteroatoms. The first kappa shape index (κ1) is 25.7. The molecular weight excluding hydrogens is 465 g/mol. The topological polar surface area (TPSA) is 123 Å². The average molecular weight is 490 g/mol. The van der Waals surface area contributed by atoms with Crippen molar-refractivity contribution in [3.63, 3.8) is 0 Å². The first-order chi connectivity index (χ1) is 16.5. The summed E-state index contributed by atoms with van der Waals surface area (Å²) >= 11 is 0. The van der Waals surface area contributed by atoms with Gasteiger partial charge in [0, 0.05) is 24.4 Å². The number of hydrogen-bond donors (Lipinski definition) is 2. The van der Waals surface area contributed by atoms with E-state index in [1.165, 1.54) is 15.6 Å². The van der Waals surface area contributed by atoms with Crippen molar-refractivity contribution < 1.29 is 27.6 Å². The Hall–Kier alpha value is -3.96. The van der Waals surface area contributed by atoms with Gasteiger partial charge in [-0.3, -0.25) is 14.4 Å². The molecule has 0 aliphatic carbocycles. The fourth-order valence-electron chi connectivity index (χ4n) is 3.78. The van der Waals surface area contributed by atoms with Gasteiger partial charge in [-0.15, -0.1) is 0 Å². The highest BCUT2D eigenvalue weighted by Gasteiger charge is 2.21. The van der Waals surface area contributed by atoms with Crippen LogP contribution in [0.15, 0.2) is 18.3 Å². The predicted molar refractivity (Wildman–Crippen MR) is 121 cm³/mol. The number of primary amides is 1. The summed E-state index contributed by atoms with van der Waals surface area (Å²) in [5.41, 5.74) is 7.43. The van der Waals surface area contributed by atoms with Crippen molar-refractivity contribution in [2.24, 2.45) is 5.73 Å². The number of halogens is 3. The van der Waals surface area contributed by atoms with E-state index < -0.39 is 35.0 Å². The van der Waals surface area contributed by atoms with Crippen molar-refractivity contribution in [2.75, 3.05) is 18.4 Å². The largest absolute Gasteiger partial charge is 0.365 e. The number of nitrogens with zero attached hydrogens (tertiary/aromatic N) is 4. The summed E-state index contributed by atoms with van der Waals surface area (Å²) in [6.07, 6.45) is 2.24. The van der Waals surface area contributed by atoms with E-state index in [-0.39, 0.29) is 31.0 Å². The van der Waals surface area contributed by atoms with E-state index >= 15 is 0 Å². The van der Waals surface area contributed by atoms with Gasteiger partial charge < -0.3 is 16.0 Å². The first-order valence-corrected chi connectivity index (χ1v) is 10.9. The van der Waals surface area contributed by atoms with Crippen molar-refractivity contribution in [3.8, 4) is 0 Å². The van der Waals surface area contributed by atoms with Crippen molar-refractivity contribution in [1.82, 2.24) is 19.5 Å². The standard InChI is InChI=1S/C23H25F3N6O3/c1-4-9-31(11-18(33)30-17-7-6-16(24)20(25)21(17)26)19(34)8-5-14-12(2)29-23-15(22(27)35)10-28-32(23)13(14)3/h6-7,10H,4-5,8-9,11H2,1-3H3,(H2,27,35)(H,30,33). The molecule has 3 rings (SSSR count). The molecule has 0 aliphatic rings. The van der Waals surface area contributed by atoms with Crippen LogP contribution in [-0.4, -0.2) is 50.3 Å². The molecule has 2 aromatic heterocycles. The molecule has 3 amide bonds. The van der Waals surface area contributed by atoms with E-state index in [9.17, 15) is 27.6 Å². The second-order valence-corrected chi connectivity index (χ2v) is 8.01. The molecule has 186 valence electrons. The quantitative estimate of drug-likeness (QED) is 0.447. The number of nitrogens with two attached hydrogens (primary N) is 1. The Bertz CT molecular complexity index is 1310. The zero-order chi connectivity index (χ0) is 25.9. The number of benzene rings is 1. The van der Waals surface area contributed by atoms with Crippen LogP contribution in [0.5, 0.6) is 0 Å². The molecule has 35 heavy (non-hydrogen) atoms. The molecular formula is C23H25F3N6O3. The fraction of sp³-hybridized carbons (Fsp3) is 0.348. The molecule has 0 saturated carbocycles. The molecule has 0 spiro atoms. The zero-order valence-electron chi connectivity index (χ0n) is 19.5. The number of carbonyl (C=O) groups is 3. The Balaban J connectivity index is 1.71. The molecule has 2 heterocycles. The summed E-state index contributed by atoms with van der Waals surface area (Å²) in [6.45, 7) is 5.24. The lowest BCUT2D eigenvalue weighted by molar-refractivity contribution is -0.134. The molecule has 3 N–H and O–H groups in total. The molecule has 3 aromatic rings. The summed E-state index contributed by atoms with van der Waals surface area (Å²) < 4.78 is 41.9. The van der Waals surface area contributed by atoms with Gasteiger partial charge in [0.15, 0.2) is 23.1 Å². The van der Waals surface area contributed by atoms with Crippen LogP contribution in [0.3, 0.4) is 0 Å². The number of carbonyl (C=O) groups excluding carboxylic acids is 3. The summed E-state index contributed by atoms with van der Waals surface area (Å²) in [5, 5.41) is 6.33. The van der Waals surface area contributed by atoms with Crippen LogP contribution in [0.2, 0.25) is 0 Å². The van der Waals surface area contributed by atoms with Gasteiger partial charge in [0.1, 0.15) is 5.56 Å². The Kier molecular flexibility index (Phi) is 7.72. The van der Waals surface area contributed by atoms with E-state index in [0.29, 0.717) is 35.9 Å². The van der Waals surface area contributed by atoms with Gasteiger partial charge in [-0.05, 0) is 44.4 Å². The molecule has 0 fully saturated rings. The first-order valence-electron chi connectivity index (χ1n) is 10.9. The number of anilines is 1. The highest BCUT2D eigenvalue weighted by molar-refractivity contribution is 5.98. The van der Waals surface area contributed by atoms with Crippen LogP contribution in [0.4, 0.5) is 18.9 Å². The van der Waals surface area contributed by atoms with Crippen LogP contribution in [0.1, 0.15) is 47.1 Å². The molecule has 0 radical (unpaired) electrons. The van der Waals surface area contributed by atoms with Gasteiger partial charge in [0.2, 0.25) is 11.8 Å². The second kappa shape index (κ2) is 10.5. The Morgan fingerprint density at radius 2 is 1.86 bits per heavy atom. The maximum Gasteiger partial charge on any atom is 0.254 e. The third-order valence-corrected chi connectivity index (χ3v) is 5.55. The number of nitrogens with one attached hydrogen (secondary N) is 1. The highest BCUT2D eigenvalue weighted by atomic mass is 19.2. The Morgan fingerprint density at radius 3 is 2.51 bits per heavy atom. The lowest BCUT2D eigenvalue weighted by Crippen LogP contribution is -2.38. The third-order valence-electron chi connectivity index (χ3n) is 5.55. The van der Waals surface area contributed by atoms with Crippen molar-refractivity contribution in [1.29, 1.82) is 0 Å². The molecule has 0 aliphatic heterocycles. The summed E-state index contributed by atoms with van der Waals surface area (Å²) in [7, 11) is 0. The summed E-state index contributed by atoms with van der Waals surface area (Å²) in [4.78, 5) is 42.6. The number of amides is 3. The van der Waals surface area contributed by atoms with E-state index in [0.717, 1.165) is 11.6 Å². The van der Waals surface area contributed by atoms with E-state index in [2.05, 4.69) is 15.4 Å². The lowest BCUT2D eigenvalue weighted by Gasteiger charge is -2.22. The molecule has 1 aromatic carbocycles. The Morgan fingerprint density at radius 1 is 1.14 bits per heavy atom. The fourth-order valence-corrected chi connectivity index (χ4v) is 3.78. The van der Waals surface area contributed by atoms with Gasteiger partial charge in [-0.2, -0.15) is 5.10 Å². The average Bonchev–Trinajstić information content (AvgIpc) is 3.23. The molecule has 9 nitrogen and oxygen atoms in total. The normalized spacial score (nSPS) is 11.0. The van der Waals surface area contributed by atoms with Crippen LogP contribution in [-0.2, 0) is 16.0 Å². The van der Waals surface area contributed by atoms with Gasteiger partial charge in [-0.1, -0.05) is 6.92 Å². The minimum absolute atomic E-state index is 0.0473. The van der Waals surface area contributed by atoms with Crippen molar-refractivity contribution >= 4 is 29.1 Å². The minimum atomic E-state index is -1.69. The van der Waals surface area contributed by atoms with Crippen LogP contribution in [0.25, 0.3) is 5.65 Å². The second-order valence-electron chi connectivity index (χ2n) is 8.01. The van der Waals surface area contributed by atoms with Crippen molar-refractivity contribution in [3.05, 3.63) is 58.3 Å². The zero-order valence-corrected chi connectivity index (χ0v) is 19.5. The van der Waals surface area contributed by atoms with E-state index in [1.54, 1.807) is 13.8 Å². The Labute approximate surface area is 199 Å². The molecule has 0 bridgehead atoms. The maximum atomic E-state index is 13.9. The minimum Gasteiger partial charge on any atom is -0.365 e. The maximum absolute atomic E-state index is 13.9. The molecule has 0 atom stereocenters. The van der Waals surface area contributed by atoms with E-state index in [1.807, 2.05) is 6.92 Å². The smallest absolute Gasteiger partial charge is 0.254 e. The van der Waals surface area contributed by atoms with Crippen molar-refractivity contribution in [2.45, 2.75) is 40.0 Å². The number of aromatic nitrogens is 3. The summed E-state index contributed by atoms with van der Waals surface area (Å²) in [5.74, 6) is -6.31. The molecule has 0 unspecified atom stereocenters. The van der Waals surface area contributed by atoms with Gasteiger partial charge in [0.25, 0.3) is 5.91 Å². The SMILES string of the molecule is CCCN(CC(=O)Nc1ccc(F)c(F)c1F)C(=O)CCc1c(C)nc2c(C(N)=O)cnn2c1C.